The van der Waals surface area contributed by atoms with E-state index in [4.69, 9.17) is 20.2 Å². The van der Waals surface area contributed by atoms with E-state index in [1.165, 1.54) is 0 Å². The normalized spacial score (nSPS) is 11.8. The van der Waals surface area contributed by atoms with Crippen LogP contribution < -0.4 is 0 Å². The average Bonchev–Trinajstić information content (AvgIpc) is 4.01. The molecule has 0 fully saturated rings. The molecule has 0 aliphatic carbocycles. The van der Waals surface area contributed by atoms with Crippen molar-refractivity contribution in [1.82, 2.24) is 33.9 Å². The van der Waals surface area contributed by atoms with Crippen LogP contribution in [0.1, 0.15) is 0 Å². The molecule has 11 rings (SSSR count). The third-order valence-corrected chi connectivity index (χ3v) is 11.3. The van der Waals surface area contributed by atoms with Gasteiger partial charge in [-0.3, -0.25) is 13.7 Å². The lowest BCUT2D eigenvalue weighted by Crippen LogP contribution is -2.02. The third kappa shape index (κ3) is 5.98. The van der Waals surface area contributed by atoms with E-state index in [1.807, 2.05) is 48.6 Å². The minimum atomic E-state index is 0.678. The summed E-state index contributed by atoms with van der Waals surface area (Å²) in [6, 6.07) is 62.9. The van der Waals surface area contributed by atoms with E-state index < -0.39 is 0 Å². The van der Waals surface area contributed by atoms with Crippen molar-refractivity contribution >= 4 is 49.3 Å². The fourth-order valence-corrected chi connectivity index (χ4v) is 8.61. The fraction of sp³-hybridized carbons (Fsp3) is 0. The second-order valence-corrected chi connectivity index (χ2v) is 14.9. The van der Waals surface area contributed by atoms with Crippen LogP contribution in [0.15, 0.2) is 213 Å². The van der Waals surface area contributed by atoms with Crippen LogP contribution in [0.4, 0.5) is 0 Å². The van der Waals surface area contributed by atoms with E-state index >= 15 is 0 Å². The number of hydrogen-bond acceptors (Lipinski definition) is 4. The van der Waals surface area contributed by atoms with Crippen LogP contribution in [-0.2, 0) is 0 Å². The Kier molecular flexibility index (Phi) is 8.64. The monoisotopic (exact) mass is 783 g/mol. The van der Waals surface area contributed by atoms with Gasteiger partial charge < -0.3 is 0 Å². The Morgan fingerprint density at radius 3 is 1.49 bits per heavy atom. The first-order valence-corrected chi connectivity index (χ1v) is 20.2. The van der Waals surface area contributed by atoms with E-state index in [-0.39, 0.29) is 0 Å². The summed E-state index contributed by atoms with van der Waals surface area (Å²) in [4.78, 5) is 10.3. The molecule has 0 saturated carbocycles. The van der Waals surface area contributed by atoms with Crippen molar-refractivity contribution in [3.8, 4) is 56.9 Å². The summed E-state index contributed by atoms with van der Waals surface area (Å²) in [5.74, 6) is 3.05. The topological polar surface area (TPSA) is 66.3 Å². The molecule has 0 N–H and O–H groups in total. The second-order valence-electron chi connectivity index (χ2n) is 14.9. The van der Waals surface area contributed by atoms with E-state index in [0.29, 0.717) is 11.6 Å². The maximum Gasteiger partial charge on any atom is 0.168 e. The summed E-state index contributed by atoms with van der Waals surface area (Å²) < 4.78 is 6.55. The van der Waals surface area contributed by atoms with Crippen molar-refractivity contribution in [3.05, 3.63) is 213 Å². The fourth-order valence-electron chi connectivity index (χ4n) is 8.61. The largest absolute Gasteiger partial charge is 0.294 e. The summed E-state index contributed by atoms with van der Waals surface area (Å²) in [6.07, 6.45) is 5.53. The molecule has 0 aliphatic heterocycles. The zero-order valence-corrected chi connectivity index (χ0v) is 33.1. The van der Waals surface area contributed by atoms with Crippen molar-refractivity contribution < 1.29 is 0 Å². The Morgan fingerprint density at radius 1 is 0.410 bits per heavy atom. The van der Waals surface area contributed by atoms with Crippen molar-refractivity contribution in [3.63, 3.8) is 0 Å². The number of allylic oxidation sites excluding steroid dienone is 4. The maximum absolute atomic E-state index is 5.19. The molecule has 0 atom stereocenters. The molecule has 6 aromatic carbocycles. The van der Waals surface area contributed by atoms with E-state index in [1.54, 1.807) is 6.08 Å². The molecule has 7 nitrogen and oxygen atoms in total. The molecule has 288 valence electrons. The number of hydrogen-bond donors (Lipinski definition) is 0. The van der Waals surface area contributed by atoms with Gasteiger partial charge in [-0.25, -0.2) is 9.97 Å². The summed E-state index contributed by atoms with van der Waals surface area (Å²) >= 11 is 0. The Balaban J connectivity index is 1.08. The number of para-hydroxylation sites is 2. The summed E-state index contributed by atoms with van der Waals surface area (Å²) in [7, 11) is 0. The van der Waals surface area contributed by atoms with Crippen LogP contribution in [0.2, 0.25) is 0 Å². The molecular weight excluding hydrogens is 747 g/mol. The molecule has 0 spiro atoms. The van der Waals surface area contributed by atoms with Gasteiger partial charge in [0.05, 0.1) is 33.5 Å². The van der Waals surface area contributed by atoms with Gasteiger partial charge in [-0.15, -0.1) is 10.2 Å². The molecule has 0 saturated heterocycles. The molecule has 11 aromatic rings. The summed E-state index contributed by atoms with van der Waals surface area (Å²) in [6.45, 7) is 8.25. The average molecular weight is 784 g/mol. The predicted molar refractivity (Wildman–Crippen MR) is 251 cm³/mol. The van der Waals surface area contributed by atoms with Gasteiger partial charge in [-0.05, 0) is 72.8 Å². The number of rotatable bonds is 9. The molecule has 0 unspecified atom stereocenters. The number of benzene rings is 6. The third-order valence-electron chi connectivity index (χ3n) is 11.3. The molecule has 0 bridgehead atoms. The van der Waals surface area contributed by atoms with Gasteiger partial charge in [0.1, 0.15) is 11.6 Å². The molecule has 7 heteroatoms. The molecule has 61 heavy (non-hydrogen) atoms. The quantitative estimate of drug-likeness (QED) is 0.137. The number of fused-ring (bicyclic) bond motifs is 6. The Hall–Kier alpha value is -8.42. The van der Waals surface area contributed by atoms with Crippen molar-refractivity contribution in [2.75, 3.05) is 0 Å². The van der Waals surface area contributed by atoms with Crippen LogP contribution in [0.5, 0.6) is 0 Å². The smallest absolute Gasteiger partial charge is 0.168 e. The van der Waals surface area contributed by atoms with Gasteiger partial charge in [0.25, 0.3) is 0 Å². The van der Waals surface area contributed by atoms with Crippen molar-refractivity contribution in [2.45, 2.75) is 0 Å². The zero-order valence-electron chi connectivity index (χ0n) is 33.1. The van der Waals surface area contributed by atoms with Gasteiger partial charge in [0, 0.05) is 49.5 Å². The highest BCUT2D eigenvalue weighted by atomic mass is 15.3. The minimum Gasteiger partial charge on any atom is -0.294 e. The predicted octanol–water partition coefficient (Wildman–Crippen LogP) is 13.1. The zero-order chi connectivity index (χ0) is 40.9. The second kappa shape index (κ2) is 14.8. The minimum absolute atomic E-state index is 0.678. The summed E-state index contributed by atoms with van der Waals surface area (Å²) in [5, 5.41) is 14.3. The van der Waals surface area contributed by atoms with Crippen molar-refractivity contribution in [1.29, 1.82) is 0 Å². The molecule has 0 aliphatic rings. The highest BCUT2D eigenvalue weighted by Gasteiger charge is 2.22. The lowest BCUT2D eigenvalue weighted by molar-refractivity contribution is 1.08. The first-order chi connectivity index (χ1) is 30.2. The van der Waals surface area contributed by atoms with Crippen LogP contribution in [-0.4, -0.2) is 33.9 Å². The van der Waals surface area contributed by atoms with Gasteiger partial charge in [-0.1, -0.05) is 141 Å². The Labute approximate surface area is 352 Å². The molecule has 5 aromatic heterocycles. The van der Waals surface area contributed by atoms with E-state index in [9.17, 15) is 0 Å². The summed E-state index contributed by atoms with van der Waals surface area (Å²) in [5.41, 5.74) is 10.8. The first-order valence-electron chi connectivity index (χ1n) is 20.2. The van der Waals surface area contributed by atoms with Gasteiger partial charge in [0.2, 0.25) is 0 Å². The Morgan fingerprint density at radius 2 is 0.902 bits per heavy atom. The van der Waals surface area contributed by atoms with Crippen LogP contribution in [0.25, 0.3) is 106 Å². The standard InChI is InChI=1S/C54H37N7/c1-3-17-40(4-2)59-53(38-31-33-49-44(34-38)42-23-12-14-27-48(42)60(49)51-28-15-24-45(55-51)36-18-7-5-8-19-36)57-58-54(59)39-30-32-43-41-22-11-13-26-47(41)61(50(43)35-39)52-29-16-25-46(56-52)37-20-9-6-10-21-37/h3-35H,1-2H2/b40-17+. The number of aromatic nitrogens is 7. The molecule has 5 heterocycles. The maximum atomic E-state index is 5.19. The molecule has 0 radical (unpaired) electrons. The lowest BCUT2D eigenvalue weighted by Gasteiger charge is -2.13. The number of nitrogens with zero attached hydrogens (tertiary/aromatic N) is 7. The van der Waals surface area contributed by atoms with Gasteiger partial charge >= 0.3 is 0 Å². The lowest BCUT2D eigenvalue weighted by atomic mass is 10.1. The molecule has 0 amide bonds. The van der Waals surface area contributed by atoms with Crippen LogP contribution in [0, 0.1) is 0 Å². The van der Waals surface area contributed by atoms with E-state index in [2.05, 4.69) is 172 Å². The first kappa shape index (κ1) is 35.7. The van der Waals surface area contributed by atoms with Crippen LogP contribution >= 0.6 is 0 Å². The highest BCUT2D eigenvalue weighted by Crippen LogP contribution is 2.39. The van der Waals surface area contributed by atoms with Crippen LogP contribution in [0.3, 0.4) is 0 Å². The van der Waals surface area contributed by atoms with Crippen molar-refractivity contribution in [2.24, 2.45) is 0 Å². The van der Waals surface area contributed by atoms with Gasteiger partial charge in [0.15, 0.2) is 11.6 Å². The Bertz CT molecular complexity index is 3510. The SMILES string of the molecule is C=C/C=C(\C=C)n1c(-c2ccc3c(c2)c2ccccc2n3-c2cccc(-c3ccccc3)n2)nnc1-c1ccc2c3ccccc3n(-c3cccc(-c4ccccc4)n3)c2c1. The van der Waals surface area contributed by atoms with E-state index in [0.717, 1.165) is 94.6 Å². The van der Waals surface area contributed by atoms with Gasteiger partial charge in [-0.2, -0.15) is 0 Å². The number of pyridine rings is 2. The highest BCUT2D eigenvalue weighted by molar-refractivity contribution is 6.11. The molecular formula is C54H37N7.